The van der Waals surface area contributed by atoms with E-state index in [2.05, 4.69) is 20.4 Å². The van der Waals surface area contributed by atoms with Gasteiger partial charge in [-0.2, -0.15) is 4.98 Å². The number of aromatic nitrogens is 4. The lowest BCUT2D eigenvalue weighted by molar-refractivity contribution is -0.117. The van der Waals surface area contributed by atoms with E-state index in [1.807, 2.05) is 30.3 Å². The van der Waals surface area contributed by atoms with E-state index >= 15 is 0 Å². The van der Waals surface area contributed by atoms with Crippen LogP contribution in [0.15, 0.2) is 48.8 Å². The van der Waals surface area contributed by atoms with Crippen molar-refractivity contribution < 1.29 is 4.79 Å². The molecule has 1 fully saturated rings. The Bertz CT molecular complexity index is 993. The number of rotatable bonds is 6. The minimum atomic E-state index is -0.0422. The van der Waals surface area contributed by atoms with E-state index in [1.165, 1.54) is 5.01 Å². The van der Waals surface area contributed by atoms with Crippen LogP contribution in [0.4, 0.5) is 5.95 Å². The summed E-state index contributed by atoms with van der Waals surface area (Å²) in [5.41, 5.74) is 8.69. The summed E-state index contributed by atoms with van der Waals surface area (Å²) in [6.45, 7) is 0.414. The summed E-state index contributed by atoms with van der Waals surface area (Å²) in [7, 11) is 0. The first-order valence-corrected chi connectivity index (χ1v) is 8.66. The summed E-state index contributed by atoms with van der Waals surface area (Å²) < 4.78 is 1.59. The van der Waals surface area contributed by atoms with Crippen LogP contribution < -0.4 is 16.9 Å². The quantitative estimate of drug-likeness (QED) is 0.441. The molecule has 3 aromatic rings. The van der Waals surface area contributed by atoms with E-state index in [4.69, 9.17) is 11.6 Å². The maximum atomic E-state index is 11.9. The fourth-order valence-corrected chi connectivity index (χ4v) is 2.70. The highest BCUT2D eigenvalue weighted by molar-refractivity contribution is 5.92. The SMILES string of the molecule is N/C(=C\N(N)Cc1ccccn1)c1cccc2nc(NC(=O)C3CC3)nn12. The number of carbonyl (C=O) groups excluding carboxylic acids is 1. The maximum absolute atomic E-state index is 11.9. The molecule has 0 aromatic carbocycles. The van der Waals surface area contributed by atoms with Crippen molar-refractivity contribution in [3.8, 4) is 0 Å². The molecule has 9 nitrogen and oxygen atoms in total. The zero-order chi connectivity index (χ0) is 18.8. The van der Waals surface area contributed by atoms with E-state index in [9.17, 15) is 4.79 Å². The van der Waals surface area contributed by atoms with Gasteiger partial charge in [0.2, 0.25) is 11.9 Å². The third kappa shape index (κ3) is 3.87. The average Bonchev–Trinajstić information content (AvgIpc) is 3.42. The van der Waals surface area contributed by atoms with Crippen molar-refractivity contribution in [3.05, 3.63) is 60.2 Å². The maximum Gasteiger partial charge on any atom is 0.249 e. The van der Waals surface area contributed by atoms with Crippen LogP contribution in [-0.2, 0) is 11.3 Å². The number of amides is 1. The van der Waals surface area contributed by atoms with E-state index < -0.39 is 0 Å². The molecular weight excluding hydrogens is 344 g/mol. The van der Waals surface area contributed by atoms with E-state index in [0.717, 1.165) is 18.5 Å². The van der Waals surface area contributed by atoms with Crippen LogP contribution >= 0.6 is 0 Å². The first-order valence-electron chi connectivity index (χ1n) is 8.66. The molecule has 3 heterocycles. The number of nitrogens with zero attached hydrogens (tertiary/aromatic N) is 5. The van der Waals surface area contributed by atoms with Gasteiger partial charge in [0.15, 0.2) is 5.65 Å². The molecule has 0 unspecified atom stereocenters. The molecule has 0 bridgehead atoms. The molecule has 0 spiro atoms. The van der Waals surface area contributed by atoms with Crippen LogP contribution in [-0.4, -0.2) is 30.5 Å². The standard InChI is InChI=1S/C18H20N8O/c19-14(11-25(20)10-13-4-1-2-9-21-13)15-5-3-6-16-22-18(24-26(15)16)23-17(27)12-7-8-12/h1-6,9,11-12H,7-8,10,19-20H2,(H,23,24,27)/b14-11-. The Morgan fingerprint density at radius 3 is 2.89 bits per heavy atom. The Morgan fingerprint density at radius 1 is 1.30 bits per heavy atom. The second kappa shape index (κ2) is 7.04. The molecule has 4 rings (SSSR count). The Morgan fingerprint density at radius 2 is 2.15 bits per heavy atom. The third-order valence-electron chi connectivity index (χ3n) is 4.21. The summed E-state index contributed by atoms with van der Waals surface area (Å²) in [6.07, 6.45) is 5.17. The number of carbonyl (C=O) groups is 1. The lowest BCUT2D eigenvalue weighted by Crippen LogP contribution is -2.26. The summed E-state index contributed by atoms with van der Waals surface area (Å²) in [4.78, 5) is 20.5. The minimum absolute atomic E-state index is 0.0422. The van der Waals surface area contributed by atoms with Crippen molar-refractivity contribution >= 4 is 23.2 Å². The van der Waals surface area contributed by atoms with Gasteiger partial charge in [0, 0.05) is 18.3 Å². The summed E-state index contributed by atoms with van der Waals surface area (Å²) in [5, 5.41) is 8.57. The molecule has 5 N–H and O–H groups in total. The smallest absolute Gasteiger partial charge is 0.249 e. The molecule has 1 saturated carbocycles. The highest BCUT2D eigenvalue weighted by atomic mass is 16.2. The minimum Gasteiger partial charge on any atom is -0.396 e. The van der Waals surface area contributed by atoms with Gasteiger partial charge < -0.3 is 10.7 Å². The van der Waals surface area contributed by atoms with Gasteiger partial charge in [-0.15, -0.1) is 5.10 Å². The van der Waals surface area contributed by atoms with Crippen molar-refractivity contribution in [1.29, 1.82) is 0 Å². The van der Waals surface area contributed by atoms with Crippen molar-refractivity contribution in [2.45, 2.75) is 19.4 Å². The number of anilines is 1. The number of hydrogen-bond donors (Lipinski definition) is 3. The van der Waals surface area contributed by atoms with Gasteiger partial charge in [-0.1, -0.05) is 12.1 Å². The third-order valence-corrected chi connectivity index (χ3v) is 4.21. The Labute approximate surface area is 155 Å². The van der Waals surface area contributed by atoms with Crippen molar-refractivity contribution in [2.24, 2.45) is 17.5 Å². The number of fused-ring (bicyclic) bond motifs is 1. The van der Waals surface area contributed by atoms with Crippen LogP contribution in [0.5, 0.6) is 0 Å². The van der Waals surface area contributed by atoms with Gasteiger partial charge in [-0.3, -0.25) is 15.1 Å². The molecule has 0 aliphatic heterocycles. The van der Waals surface area contributed by atoms with Gasteiger partial charge in [0.1, 0.15) is 0 Å². The molecule has 9 heteroatoms. The molecule has 0 radical (unpaired) electrons. The van der Waals surface area contributed by atoms with E-state index in [0.29, 0.717) is 23.6 Å². The van der Waals surface area contributed by atoms with Gasteiger partial charge >= 0.3 is 0 Å². The largest absolute Gasteiger partial charge is 0.396 e. The summed E-state index contributed by atoms with van der Waals surface area (Å²) in [5.74, 6) is 6.34. The lowest BCUT2D eigenvalue weighted by atomic mass is 10.3. The predicted molar refractivity (Wildman–Crippen MR) is 100 cm³/mol. The first-order chi connectivity index (χ1) is 13.1. The second-order valence-electron chi connectivity index (χ2n) is 6.46. The number of hydrazine groups is 1. The number of pyridine rings is 2. The molecule has 3 aromatic heterocycles. The number of nitrogens with one attached hydrogen (secondary N) is 1. The van der Waals surface area contributed by atoms with E-state index in [1.54, 1.807) is 23.0 Å². The highest BCUT2D eigenvalue weighted by Crippen LogP contribution is 2.29. The van der Waals surface area contributed by atoms with Crippen LogP contribution in [0, 0.1) is 5.92 Å². The lowest BCUT2D eigenvalue weighted by Gasteiger charge is -2.14. The van der Waals surface area contributed by atoms with Gasteiger partial charge in [0.25, 0.3) is 0 Å². The monoisotopic (exact) mass is 364 g/mol. The molecular formula is C18H20N8O. The number of hydrogen-bond acceptors (Lipinski definition) is 7. The second-order valence-corrected chi connectivity index (χ2v) is 6.46. The van der Waals surface area contributed by atoms with Gasteiger partial charge in [-0.05, 0) is 37.1 Å². The zero-order valence-electron chi connectivity index (χ0n) is 14.6. The Balaban J connectivity index is 1.56. The van der Waals surface area contributed by atoms with Crippen molar-refractivity contribution in [1.82, 2.24) is 24.6 Å². The normalized spacial score (nSPS) is 14.3. The Kier molecular flexibility index (Phi) is 4.43. The molecule has 1 aliphatic rings. The molecule has 27 heavy (non-hydrogen) atoms. The fourth-order valence-electron chi connectivity index (χ4n) is 2.70. The average molecular weight is 364 g/mol. The summed E-state index contributed by atoms with van der Waals surface area (Å²) in [6, 6.07) is 11.1. The van der Waals surface area contributed by atoms with Gasteiger partial charge in [-0.25, -0.2) is 10.4 Å². The van der Waals surface area contributed by atoms with Crippen molar-refractivity contribution in [2.75, 3.05) is 5.32 Å². The molecule has 1 amide bonds. The van der Waals surface area contributed by atoms with E-state index in [-0.39, 0.29) is 17.8 Å². The molecule has 138 valence electrons. The number of nitrogens with two attached hydrogens (primary N) is 2. The molecule has 1 aliphatic carbocycles. The zero-order valence-corrected chi connectivity index (χ0v) is 14.6. The highest BCUT2D eigenvalue weighted by Gasteiger charge is 2.30. The van der Waals surface area contributed by atoms with Crippen LogP contribution in [0.1, 0.15) is 24.2 Å². The first kappa shape index (κ1) is 17.0. The van der Waals surface area contributed by atoms with Gasteiger partial charge in [0.05, 0.1) is 23.6 Å². The van der Waals surface area contributed by atoms with Crippen molar-refractivity contribution in [3.63, 3.8) is 0 Å². The Hall–Kier alpha value is -3.46. The predicted octanol–water partition coefficient (Wildman–Crippen LogP) is 1.11. The van der Waals surface area contributed by atoms with Crippen LogP contribution in [0.2, 0.25) is 0 Å². The molecule has 0 saturated heterocycles. The topological polar surface area (TPSA) is 127 Å². The molecule has 0 atom stereocenters. The fraction of sp³-hybridized carbons (Fsp3) is 0.222. The van der Waals surface area contributed by atoms with Crippen LogP contribution in [0.25, 0.3) is 11.3 Å². The van der Waals surface area contributed by atoms with Crippen LogP contribution in [0.3, 0.4) is 0 Å². The summed E-state index contributed by atoms with van der Waals surface area (Å²) >= 11 is 0.